The molecule has 1 saturated heterocycles. The molecule has 1 aromatic heterocycles. The minimum absolute atomic E-state index is 0.00523. The summed E-state index contributed by atoms with van der Waals surface area (Å²) in [6.07, 6.45) is 1.91. The van der Waals surface area contributed by atoms with Gasteiger partial charge in [0.05, 0.1) is 28.8 Å². The molecule has 1 amide bonds. The molecule has 2 aromatic carbocycles. The van der Waals surface area contributed by atoms with Crippen LogP contribution in [0.25, 0.3) is 10.9 Å². The van der Waals surface area contributed by atoms with Gasteiger partial charge in [-0.1, -0.05) is 23.9 Å². The molecule has 168 valence electrons. The Bertz CT molecular complexity index is 1150. The van der Waals surface area contributed by atoms with Gasteiger partial charge in [-0.3, -0.25) is 14.2 Å². The molecule has 8 heteroatoms. The zero-order valence-electron chi connectivity index (χ0n) is 18.6. The van der Waals surface area contributed by atoms with Gasteiger partial charge in [0.15, 0.2) is 5.16 Å². The number of aromatic nitrogens is 2. The van der Waals surface area contributed by atoms with Crippen molar-refractivity contribution in [3.05, 3.63) is 58.9 Å². The number of benzene rings is 2. The third kappa shape index (κ3) is 4.97. The standard InChI is InChI=1S/C24H28N4O3S/c1-16(22(29)25-17-10-12-18(13-11-17)27(2)3)32-24-26-21-9-5-4-8-20(21)23(30)28(24)15-19-7-6-14-31-19/h4-5,8-13,16,19H,6-7,14-15H2,1-3H3,(H,25,29)/t16-,19+/m0/s1. The summed E-state index contributed by atoms with van der Waals surface area (Å²) in [5.74, 6) is -0.140. The summed E-state index contributed by atoms with van der Waals surface area (Å²) in [6, 6.07) is 15.0. The minimum atomic E-state index is -0.438. The Labute approximate surface area is 191 Å². The molecule has 2 atom stereocenters. The molecule has 0 radical (unpaired) electrons. The number of hydrogen-bond donors (Lipinski definition) is 1. The lowest BCUT2D eigenvalue weighted by molar-refractivity contribution is -0.115. The number of fused-ring (bicyclic) bond motifs is 1. The molecule has 3 aromatic rings. The van der Waals surface area contributed by atoms with Crippen LogP contribution in [0.2, 0.25) is 0 Å². The van der Waals surface area contributed by atoms with Crippen LogP contribution in [0.4, 0.5) is 11.4 Å². The minimum Gasteiger partial charge on any atom is -0.378 e. The fraction of sp³-hybridized carbons (Fsp3) is 0.375. The third-order valence-corrected chi connectivity index (χ3v) is 6.63. The van der Waals surface area contributed by atoms with Crippen LogP contribution in [0, 0.1) is 0 Å². The van der Waals surface area contributed by atoms with Crippen molar-refractivity contribution in [2.75, 3.05) is 30.9 Å². The molecule has 0 unspecified atom stereocenters. The quantitative estimate of drug-likeness (QED) is 0.435. The van der Waals surface area contributed by atoms with E-state index in [0.29, 0.717) is 29.2 Å². The Morgan fingerprint density at radius 2 is 2.00 bits per heavy atom. The first-order valence-corrected chi connectivity index (χ1v) is 11.7. The number of carbonyl (C=O) groups excluding carboxylic acids is 1. The maximum atomic E-state index is 13.2. The van der Waals surface area contributed by atoms with Gasteiger partial charge < -0.3 is 15.0 Å². The molecule has 4 rings (SSSR count). The van der Waals surface area contributed by atoms with E-state index >= 15 is 0 Å². The molecule has 1 fully saturated rings. The van der Waals surface area contributed by atoms with Gasteiger partial charge in [-0.2, -0.15) is 0 Å². The zero-order valence-corrected chi connectivity index (χ0v) is 19.4. The molecule has 0 bridgehead atoms. The predicted octanol–water partition coefficient (Wildman–Crippen LogP) is 3.76. The van der Waals surface area contributed by atoms with Crippen molar-refractivity contribution in [1.82, 2.24) is 9.55 Å². The van der Waals surface area contributed by atoms with Gasteiger partial charge in [-0.15, -0.1) is 0 Å². The van der Waals surface area contributed by atoms with Crippen LogP contribution >= 0.6 is 11.8 Å². The Hall–Kier alpha value is -2.84. The maximum Gasteiger partial charge on any atom is 0.262 e. The number of hydrogen-bond acceptors (Lipinski definition) is 6. The molecular formula is C24H28N4O3S. The molecule has 1 aliphatic rings. The van der Waals surface area contributed by atoms with E-state index < -0.39 is 5.25 Å². The second kappa shape index (κ2) is 9.75. The first kappa shape index (κ1) is 22.4. The van der Waals surface area contributed by atoms with Crippen molar-refractivity contribution in [2.45, 2.75) is 42.8 Å². The summed E-state index contributed by atoms with van der Waals surface area (Å²) < 4.78 is 7.42. The van der Waals surface area contributed by atoms with E-state index in [0.717, 1.165) is 24.2 Å². The molecule has 2 heterocycles. The largest absolute Gasteiger partial charge is 0.378 e. The highest BCUT2D eigenvalue weighted by molar-refractivity contribution is 8.00. The molecule has 0 spiro atoms. The molecule has 0 aliphatic carbocycles. The Morgan fingerprint density at radius 3 is 2.69 bits per heavy atom. The average Bonchev–Trinajstić information content (AvgIpc) is 3.30. The topological polar surface area (TPSA) is 76.5 Å². The Balaban J connectivity index is 1.56. The van der Waals surface area contributed by atoms with Crippen LogP contribution in [0.3, 0.4) is 0 Å². The fourth-order valence-corrected chi connectivity index (χ4v) is 4.61. The molecule has 1 aliphatic heterocycles. The van der Waals surface area contributed by atoms with Crippen molar-refractivity contribution in [2.24, 2.45) is 0 Å². The first-order valence-electron chi connectivity index (χ1n) is 10.8. The van der Waals surface area contributed by atoms with Gasteiger partial charge in [0.1, 0.15) is 0 Å². The maximum absolute atomic E-state index is 13.2. The smallest absolute Gasteiger partial charge is 0.262 e. The van der Waals surface area contributed by atoms with Crippen LogP contribution in [-0.2, 0) is 16.1 Å². The van der Waals surface area contributed by atoms with E-state index in [1.165, 1.54) is 11.8 Å². The number of thioether (sulfide) groups is 1. The lowest BCUT2D eigenvalue weighted by Crippen LogP contribution is -2.30. The van der Waals surface area contributed by atoms with Gasteiger partial charge in [0.25, 0.3) is 5.56 Å². The van der Waals surface area contributed by atoms with Crippen molar-refractivity contribution < 1.29 is 9.53 Å². The van der Waals surface area contributed by atoms with Crippen LogP contribution in [0.1, 0.15) is 19.8 Å². The van der Waals surface area contributed by atoms with Gasteiger partial charge in [-0.05, 0) is 56.2 Å². The third-order valence-electron chi connectivity index (χ3n) is 5.54. The number of para-hydroxylation sites is 1. The zero-order chi connectivity index (χ0) is 22.7. The van der Waals surface area contributed by atoms with E-state index in [9.17, 15) is 9.59 Å². The lowest BCUT2D eigenvalue weighted by Gasteiger charge is -2.19. The Kier molecular flexibility index (Phi) is 6.81. The highest BCUT2D eigenvalue weighted by atomic mass is 32.2. The van der Waals surface area contributed by atoms with Crippen LogP contribution in [0.15, 0.2) is 58.5 Å². The molecule has 7 nitrogen and oxygen atoms in total. The monoisotopic (exact) mass is 452 g/mol. The molecular weight excluding hydrogens is 424 g/mol. The normalized spacial score (nSPS) is 16.8. The summed E-state index contributed by atoms with van der Waals surface area (Å²) in [7, 11) is 3.94. The summed E-state index contributed by atoms with van der Waals surface area (Å²) in [6.45, 7) is 2.99. The SMILES string of the molecule is C[C@H](Sc1nc2ccccc2c(=O)n1C[C@H]1CCCO1)C(=O)Nc1ccc(N(C)C)cc1. The van der Waals surface area contributed by atoms with Crippen molar-refractivity contribution in [1.29, 1.82) is 0 Å². The van der Waals surface area contributed by atoms with Crippen LogP contribution < -0.4 is 15.8 Å². The predicted molar refractivity (Wildman–Crippen MR) is 130 cm³/mol. The number of nitrogens with zero attached hydrogens (tertiary/aromatic N) is 3. The van der Waals surface area contributed by atoms with E-state index in [1.54, 1.807) is 10.6 Å². The van der Waals surface area contributed by atoms with E-state index in [-0.39, 0.29) is 17.6 Å². The summed E-state index contributed by atoms with van der Waals surface area (Å²) in [4.78, 5) is 32.8. The summed E-state index contributed by atoms with van der Waals surface area (Å²) in [5, 5.41) is 3.63. The van der Waals surface area contributed by atoms with Gasteiger partial charge in [-0.25, -0.2) is 4.98 Å². The molecule has 32 heavy (non-hydrogen) atoms. The summed E-state index contributed by atoms with van der Waals surface area (Å²) in [5.41, 5.74) is 2.33. The fourth-order valence-electron chi connectivity index (χ4n) is 3.69. The summed E-state index contributed by atoms with van der Waals surface area (Å²) >= 11 is 1.29. The number of amides is 1. The van der Waals surface area contributed by atoms with Crippen molar-refractivity contribution >= 4 is 39.9 Å². The highest BCUT2D eigenvalue weighted by Crippen LogP contribution is 2.25. The van der Waals surface area contributed by atoms with Crippen LogP contribution in [0.5, 0.6) is 0 Å². The molecule has 0 saturated carbocycles. The van der Waals surface area contributed by atoms with Crippen molar-refractivity contribution in [3.8, 4) is 0 Å². The van der Waals surface area contributed by atoms with E-state index in [2.05, 4.69) is 5.32 Å². The second-order valence-electron chi connectivity index (χ2n) is 8.15. The molecule has 1 N–H and O–H groups in total. The van der Waals surface area contributed by atoms with Gasteiger partial charge in [0, 0.05) is 32.1 Å². The highest BCUT2D eigenvalue weighted by Gasteiger charge is 2.23. The Morgan fingerprint density at radius 1 is 1.25 bits per heavy atom. The van der Waals surface area contributed by atoms with Gasteiger partial charge >= 0.3 is 0 Å². The number of nitrogens with one attached hydrogen (secondary N) is 1. The number of anilines is 2. The number of rotatable bonds is 7. The number of ether oxygens (including phenoxy) is 1. The number of carbonyl (C=O) groups is 1. The van der Waals surface area contributed by atoms with E-state index in [1.807, 2.05) is 68.4 Å². The van der Waals surface area contributed by atoms with Gasteiger partial charge in [0.2, 0.25) is 5.91 Å². The first-order chi connectivity index (χ1) is 15.4. The van der Waals surface area contributed by atoms with Crippen molar-refractivity contribution in [3.63, 3.8) is 0 Å². The average molecular weight is 453 g/mol. The lowest BCUT2D eigenvalue weighted by atomic mass is 10.2. The second-order valence-corrected chi connectivity index (χ2v) is 9.46. The van der Waals surface area contributed by atoms with Crippen LogP contribution in [-0.4, -0.2) is 47.5 Å². The van der Waals surface area contributed by atoms with E-state index in [4.69, 9.17) is 9.72 Å².